The second kappa shape index (κ2) is 9.23. The molecule has 2 aromatic heterocycles. The monoisotopic (exact) mass is 484 g/mol. The molecule has 0 radical (unpaired) electrons. The zero-order valence-electron chi connectivity index (χ0n) is 16.7. The molecule has 0 aliphatic carbocycles. The van der Waals surface area contributed by atoms with Crippen LogP contribution in [0, 0.1) is 0 Å². The minimum Gasteiger partial charge on any atom is -0.454 e. The Morgan fingerprint density at radius 2 is 1.94 bits per heavy atom. The molecule has 5 rings (SSSR count). The number of thiophene rings is 1. The Morgan fingerprint density at radius 1 is 1.12 bits per heavy atom. The highest BCUT2D eigenvalue weighted by Crippen LogP contribution is 2.39. The first-order valence-corrected chi connectivity index (χ1v) is 11.9. The number of rotatable bonds is 7. The molecule has 0 fully saturated rings. The maximum absolute atomic E-state index is 12.6. The van der Waals surface area contributed by atoms with E-state index in [0.717, 1.165) is 16.3 Å². The van der Waals surface area contributed by atoms with Gasteiger partial charge in [0.2, 0.25) is 12.7 Å². The van der Waals surface area contributed by atoms with Crippen LogP contribution in [0.5, 0.6) is 11.5 Å². The smallest absolute Gasteiger partial charge is 0.234 e. The summed E-state index contributed by atoms with van der Waals surface area (Å²) >= 11 is 9.19. The van der Waals surface area contributed by atoms with Crippen LogP contribution in [0.1, 0.15) is 5.56 Å². The maximum atomic E-state index is 12.6. The predicted octanol–water partition coefficient (Wildman–Crippen LogP) is 5.17. The molecule has 0 atom stereocenters. The van der Waals surface area contributed by atoms with Crippen LogP contribution >= 0.6 is 34.7 Å². The van der Waals surface area contributed by atoms with Crippen molar-refractivity contribution in [2.24, 2.45) is 0 Å². The number of hydrogen-bond donors (Lipinski definition) is 1. The molecule has 32 heavy (non-hydrogen) atoms. The van der Waals surface area contributed by atoms with Gasteiger partial charge in [0.25, 0.3) is 0 Å². The van der Waals surface area contributed by atoms with Gasteiger partial charge in [0, 0.05) is 12.1 Å². The largest absolute Gasteiger partial charge is 0.454 e. The van der Waals surface area contributed by atoms with Crippen LogP contribution in [0.2, 0.25) is 5.02 Å². The molecule has 2 aromatic carbocycles. The number of nitrogens with zero attached hydrogens (tertiary/aromatic N) is 3. The summed E-state index contributed by atoms with van der Waals surface area (Å²) < 4.78 is 12.7. The molecule has 1 N–H and O–H groups in total. The van der Waals surface area contributed by atoms with Gasteiger partial charge in [0.05, 0.1) is 27.9 Å². The Hall–Kier alpha value is -3.01. The first-order chi connectivity index (χ1) is 15.7. The molecule has 7 nitrogen and oxygen atoms in total. The van der Waals surface area contributed by atoms with Crippen molar-refractivity contribution in [3.8, 4) is 22.2 Å². The lowest BCUT2D eigenvalue weighted by Gasteiger charge is -2.10. The summed E-state index contributed by atoms with van der Waals surface area (Å²) in [5.41, 5.74) is 1.61. The summed E-state index contributed by atoms with van der Waals surface area (Å²) in [5.74, 6) is 1.86. The van der Waals surface area contributed by atoms with Crippen molar-refractivity contribution < 1.29 is 14.3 Å². The summed E-state index contributed by atoms with van der Waals surface area (Å²) in [4.78, 5) is 13.7. The van der Waals surface area contributed by atoms with E-state index in [9.17, 15) is 4.79 Å². The maximum Gasteiger partial charge on any atom is 0.234 e. The zero-order chi connectivity index (χ0) is 21.9. The van der Waals surface area contributed by atoms with E-state index >= 15 is 0 Å². The van der Waals surface area contributed by atoms with E-state index in [1.54, 1.807) is 23.5 Å². The van der Waals surface area contributed by atoms with Gasteiger partial charge in [-0.15, -0.1) is 21.5 Å². The van der Waals surface area contributed by atoms with Crippen molar-refractivity contribution >= 4 is 46.3 Å². The van der Waals surface area contributed by atoms with Gasteiger partial charge < -0.3 is 14.8 Å². The molecule has 0 spiro atoms. The van der Waals surface area contributed by atoms with Gasteiger partial charge in [-0.3, -0.25) is 9.36 Å². The third-order valence-corrected chi connectivity index (χ3v) is 6.86. The van der Waals surface area contributed by atoms with E-state index in [4.69, 9.17) is 21.1 Å². The molecule has 3 heterocycles. The highest BCUT2D eigenvalue weighted by atomic mass is 35.5. The van der Waals surface area contributed by atoms with E-state index in [1.165, 1.54) is 11.8 Å². The topological polar surface area (TPSA) is 78.3 Å². The van der Waals surface area contributed by atoms with Crippen LogP contribution in [-0.4, -0.2) is 33.2 Å². The van der Waals surface area contributed by atoms with Gasteiger partial charge in [-0.05, 0) is 17.0 Å². The van der Waals surface area contributed by atoms with Crippen molar-refractivity contribution in [2.45, 2.75) is 11.7 Å². The van der Waals surface area contributed by atoms with E-state index in [0.29, 0.717) is 33.9 Å². The third-order valence-electron chi connectivity index (χ3n) is 4.71. The lowest BCUT2D eigenvalue weighted by Crippen LogP contribution is -2.15. The number of carbonyl (C=O) groups is 1. The number of carbonyl (C=O) groups excluding carboxylic acids is 1. The number of halogens is 1. The molecule has 0 saturated carbocycles. The van der Waals surface area contributed by atoms with Crippen LogP contribution in [-0.2, 0) is 11.3 Å². The molecular formula is C22H17ClN4O3S2. The Morgan fingerprint density at radius 3 is 2.72 bits per heavy atom. The molecule has 0 saturated heterocycles. The molecule has 10 heteroatoms. The van der Waals surface area contributed by atoms with E-state index in [1.807, 2.05) is 40.3 Å². The van der Waals surface area contributed by atoms with E-state index in [-0.39, 0.29) is 18.5 Å². The van der Waals surface area contributed by atoms with Gasteiger partial charge in [0.15, 0.2) is 22.5 Å². The normalized spacial score (nSPS) is 12.2. The standard InChI is InChI=1S/C22H17ClN4O3S2/c23-15-9-17-18(30-13-29-17)10-16(15)24-20(28)12-32-22-26-25-21(19-7-4-8-31-19)27(22)11-14-5-2-1-3-6-14/h1-10H,11-13H2,(H,24,28). The number of benzene rings is 2. The van der Waals surface area contributed by atoms with Gasteiger partial charge in [-0.2, -0.15) is 0 Å². The van der Waals surface area contributed by atoms with Crippen LogP contribution in [0.3, 0.4) is 0 Å². The van der Waals surface area contributed by atoms with Crippen LogP contribution in [0.25, 0.3) is 10.7 Å². The van der Waals surface area contributed by atoms with Gasteiger partial charge in [0.1, 0.15) is 0 Å². The fourth-order valence-electron chi connectivity index (χ4n) is 3.22. The average molecular weight is 485 g/mol. The van der Waals surface area contributed by atoms with Crippen LogP contribution < -0.4 is 14.8 Å². The summed E-state index contributed by atoms with van der Waals surface area (Å²) in [6.07, 6.45) is 0. The van der Waals surface area contributed by atoms with Crippen molar-refractivity contribution in [3.63, 3.8) is 0 Å². The zero-order valence-corrected chi connectivity index (χ0v) is 19.0. The first kappa shape index (κ1) is 20.9. The van der Waals surface area contributed by atoms with Gasteiger partial charge in [-0.1, -0.05) is 59.8 Å². The average Bonchev–Trinajstić information content (AvgIpc) is 3.54. The summed E-state index contributed by atoms with van der Waals surface area (Å²) in [6, 6.07) is 17.4. The SMILES string of the molecule is O=C(CSc1nnc(-c2cccs2)n1Cc1ccccc1)Nc1cc2c(cc1Cl)OCO2. The molecule has 162 valence electrons. The number of amides is 1. The number of hydrogen-bond acceptors (Lipinski definition) is 7. The number of fused-ring (bicyclic) bond motifs is 1. The summed E-state index contributed by atoms with van der Waals surface area (Å²) in [7, 11) is 0. The fraction of sp³-hybridized carbons (Fsp3) is 0.136. The Bertz CT molecular complexity index is 1250. The van der Waals surface area contributed by atoms with Gasteiger partial charge >= 0.3 is 0 Å². The highest BCUT2D eigenvalue weighted by Gasteiger charge is 2.19. The Labute approximate surface area is 197 Å². The summed E-state index contributed by atoms with van der Waals surface area (Å²) in [5, 5.41) is 14.6. The second-order valence-corrected chi connectivity index (χ2v) is 9.17. The minimum atomic E-state index is -0.206. The van der Waals surface area contributed by atoms with Crippen molar-refractivity contribution in [1.82, 2.24) is 14.8 Å². The Balaban J connectivity index is 1.32. The number of anilines is 1. The van der Waals surface area contributed by atoms with Crippen molar-refractivity contribution in [2.75, 3.05) is 17.9 Å². The van der Waals surface area contributed by atoms with E-state index in [2.05, 4.69) is 27.6 Å². The predicted molar refractivity (Wildman–Crippen MR) is 126 cm³/mol. The first-order valence-electron chi connectivity index (χ1n) is 9.70. The molecule has 1 aliphatic rings. The lowest BCUT2D eigenvalue weighted by atomic mass is 10.2. The third kappa shape index (κ3) is 4.45. The highest BCUT2D eigenvalue weighted by molar-refractivity contribution is 7.99. The quantitative estimate of drug-likeness (QED) is 0.365. The second-order valence-electron chi connectivity index (χ2n) is 6.88. The van der Waals surface area contributed by atoms with Gasteiger partial charge in [-0.25, -0.2) is 0 Å². The number of nitrogens with one attached hydrogen (secondary N) is 1. The number of thioether (sulfide) groups is 1. The molecule has 1 amide bonds. The number of ether oxygens (including phenoxy) is 2. The van der Waals surface area contributed by atoms with Crippen LogP contribution in [0.15, 0.2) is 65.1 Å². The Kier molecular flexibility index (Phi) is 6.02. The number of aromatic nitrogens is 3. The van der Waals surface area contributed by atoms with Crippen LogP contribution in [0.4, 0.5) is 5.69 Å². The molecule has 0 bridgehead atoms. The summed E-state index contributed by atoms with van der Waals surface area (Å²) in [6.45, 7) is 0.752. The van der Waals surface area contributed by atoms with Crippen molar-refractivity contribution in [3.05, 3.63) is 70.6 Å². The van der Waals surface area contributed by atoms with E-state index < -0.39 is 0 Å². The molecule has 0 unspecified atom stereocenters. The van der Waals surface area contributed by atoms with Crippen molar-refractivity contribution in [1.29, 1.82) is 0 Å². The molecular weight excluding hydrogens is 468 g/mol. The fourth-order valence-corrected chi connectivity index (χ4v) is 4.88. The minimum absolute atomic E-state index is 0.141. The molecule has 1 aliphatic heterocycles. The lowest BCUT2D eigenvalue weighted by molar-refractivity contribution is -0.113. The molecule has 4 aromatic rings.